The zero-order valence-electron chi connectivity index (χ0n) is 13.5. The van der Waals surface area contributed by atoms with E-state index >= 15 is 0 Å². The van der Waals surface area contributed by atoms with E-state index in [1.807, 2.05) is 12.1 Å². The average Bonchev–Trinajstić information content (AvgIpc) is 2.55. The molecule has 0 aliphatic rings. The fourth-order valence-corrected chi connectivity index (χ4v) is 2.22. The van der Waals surface area contributed by atoms with Gasteiger partial charge in [-0.1, -0.05) is 0 Å². The molecule has 122 valence electrons. The molecular formula is C18H22N2O3. The van der Waals surface area contributed by atoms with Gasteiger partial charge in [0.25, 0.3) is 0 Å². The zero-order valence-corrected chi connectivity index (χ0v) is 13.5. The summed E-state index contributed by atoms with van der Waals surface area (Å²) in [5.41, 5.74) is 1.48. The van der Waals surface area contributed by atoms with Crippen molar-refractivity contribution in [2.45, 2.75) is 26.4 Å². The lowest BCUT2D eigenvalue weighted by Gasteiger charge is -2.26. The van der Waals surface area contributed by atoms with Crippen LogP contribution in [-0.2, 0) is 6.54 Å². The van der Waals surface area contributed by atoms with Gasteiger partial charge in [-0.15, -0.1) is 0 Å². The van der Waals surface area contributed by atoms with Gasteiger partial charge in [-0.25, -0.2) is 4.79 Å². The molecule has 5 heteroatoms. The molecule has 1 aromatic heterocycles. The van der Waals surface area contributed by atoms with Gasteiger partial charge in [0.1, 0.15) is 12.4 Å². The molecular weight excluding hydrogens is 292 g/mol. The Morgan fingerprint density at radius 1 is 1.17 bits per heavy atom. The quantitative estimate of drug-likeness (QED) is 0.811. The van der Waals surface area contributed by atoms with Crippen LogP contribution >= 0.6 is 0 Å². The Bertz CT molecular complexity index is 612. The zero-order chi connectivity index (χ0) is 16.7. The fourth-order valence-electron chi connectivity index (χ4n) is 2.22. The lowest BCUT2D eigenvalue weighted by atomic mass is 10.2. The highest BCUT2D eigenvalue weighted by atomic mass is 16.5. The molecule has 0 radical (unpaired) electrons. The molecule has 0 unspecified atom stereocenters. The van der Waals surface area contributed by atoms with Crippen LogP contribution in [0.4, 0.5) is 0 Å². The third kappa shape index (κ3) is 5.38. The molecule has 0 fully saturated rings. The second-order valence-electron chi connectivity index (χ2n) is 5.60. The minimum Gasteiger partial charge on any atom is -0.492 e. The molecule has 0 bridgehead atoms. The highest BCUT2D eigenvalue weighted by Gasteiger charge is 2.10. The highest BCUT2D eigenvalue weighted by molar-refractivity contribution is 5.87. The van der Waals surface area contributed by atoms with Gasteiger partial charge in [0.15, 0.2) is 0 Å². The number of nitrogens with zero attached hydrogens (tertiary/aromatic N) is 2. The molecule has 5 nitrogen and oxygen atoms in total. The van der Waals surface area contributed by atoms with Crippen LogP contribution in [0.2, 0.25) is 0 Å². The first kappa shape index (κ1) is 17.0. The fraction of sp³-hybridized carbons (Fsp3) is 0.333. The summed E-state index contributed by atoms with van der Waals surface area (Å²) >= 11 is 0. The molecule has 1 heterocycles. The van der Waals surface area contributed by atoms with Gasteiger partial charge in [-0.05, 0) is 55.8 Å². The van der Waals surface area contributed by atoms with Gasteiger partial charge in [-0.3, -0.25) is 9.88 Å². The van der Waals surface area contributed by atoms with Crippen molar-refractivity contribution in [2.24, 2.45) is 0 Å². The normalized spacial score (nSPS) is 11.0. The van der Waals surface area contributed by atoms with Crippen molar-refractivity contribution in [3.05, 3.63) is 59.9 Å². The minimum absolute atomic E-state index is 0.263. The molecule has 23 heavy (non-hydrogen) atoms. The van der Waals surface area contributed by atoms with E-state index in [0.717, 1.165) is 13.1 Å². The summed E-state index contributed by atoms with van der Waals surface area (Å²) in [5, 5.41) is 8.87. The number of aromatic nitrogens is 1. The van der Waals surface area contributed by atoms with E-state index in [9.17, 15) is 4.79 Å². The Hall–Kier alpha value is -2.40. The van der Waals surface area contributed by atoms with Crippen molar-refractivity contribution in [1.29, 1.82) is 0 Å². The maximum atomic E-state index is 10.8. The largest absolute Gasteiger partial charge is 0.492 e. The molecule has 0 amide bonds. The number of carboxylic acid groups (broad SMARTS) is 1. The number of rotatable bonds is 8. The van der Waals surface area contributed by atoms with Crippen LogP contribution in [0.25, 0.3) is 0 Å². The van der Waals surface area contributed by atoms with Crippen LogP contribution in [0.5, 0.6) is 5.75 Å². The summed E-state index contributed by atoms with van der Waals surface area (Å²) < 4.78 is 5.71. The first-order valence-corrected chi connectivity index (χ1v) is 7.65. The van der Waals surface area contributed by atoms with Crippen molar-refractivity contribution in [3.8, 4) is 5.75 Å². The number of carbonyl (C=O) groups is 1. The summed E-state index contributed by atoms with van der Waals surface area (Å²) in [4.78, 5) is 17.2. The van der Waals surface area contributed by atoms with Crippen LogP contribution in [-0.4, -0.2) is 40.2 Å². The Kier molecular flexibility index (Phi) is 6.11. The van der Waals surface area contributed by atoms with E-state index < -0.39 is 5.97 Å². The van der Waals surface area contributed by atoms with Gasteiger partial charge >= 0.3 is 5.97 Å². The third-order valence-corrected chi connectivity index (χ3v) is 3.61. The number of ether oxygens (including phenoxy) is 1. The molecule has 2 aromatic rings. The Morgan fingerprint density at radius 3 is 2.39 bits per heavy atom. The van der Waals surface area contributed by atoms with E-state index in [0.29, 0.717) is 18.4 Å². The SMILES string of the molecule is CC(C)N(CCOc1ccc(C(=O)O)cc1)Cc1ccncc1. The Balaban J connectivity index is 1.85. The van der Waals surface area contributed by atoms with Gasteiger partial charge < -0.3 is 9.84 Å². The summed E-state index contributed by atoms with van der Waals surface area (Å²) in [6, 6.07) is 10.9. The molecule has 0 saturated carbocycles. The van der Waals surface area contributed by atoms with Crippen LogP contribution < -0.4 is 4.74 Å². The van der Waals surface area contributed by atoms with Crippen molar-refractivity contribution >= 4 is 5.97 Å². The number of hydrogen-bond donors (Lipinski definition) is 1. The Morgan fingerprint density at radius 2 is 1.83 bits per heavy atom. The van der Waals surface area contributed by atoms with Crippen molar-refractivity contribution in [2.75, 3.05) is 13.2 Å². The second kappa shape index (κ2) is 8.29. The third-order valence-electron chi connectivity index (χ3n) is 3.61. The lowest BCUT2D eigenvalue weighted by molar-refractivity contribution is 0.0697. The van der Waals surface area contributed by atoms with E-state index in [1.165, 1.54) is 5.56 Å². The summed E-state index contributed by atoms with van der Waals surface area (Å²) in [6.07, 6.45) is 3.60. The standard InChI is InChI=1S/C18H22N2O3/c1-14(2)20(13-15-7-9-19-10-8-15)11-12-23-17-5-3-16(4-6-17)18(21)22/h3-10,14H,11-13H2,1-2H3,(H,21,22). The first-order chi connectivity index (χ1) is 11.1. The Labute approximate surface area is 136 Å². The number of pyridine rings is 1. The van der Waals surface area contributed by atoms with E-state index in [-0.39, 0.29) is 5.56 Å². The number of aromatic carboxylic acids is 1. The summed E-state index contributed by atoms with van der Waals surface area (Å²) in [7, 11) is 0. The maximum Gasteiger partial charge on any atom is 0.335 e. The van der Waals surface area contributed by atoms with E-state index in [1.54, 1.807) is 36.7 Å². The molecule has 0 aliphatic carbocycles. The van der Waals surface area contributed by atoms with Crippen LogP contribution in [0.15, 0.2) is 48.8 Å². The monoisotopic (exact) mass is 314 g/mol. The highest BCUT2D eigenvalue weighted by Crippen LogP contribution is 2.13. The molecule has 0 spiro atoms. The van der Waals surface area contributed by atoms with Crippen LogP contribution in [0.1, 0.15) is 29.8 Å². The molecule has 0 aliphatic heterocycles. The van der Waals surface area contributed by atoms with Crippen molar-refractivity contribution in [3.63, 3.8) is 0 Å². The topological polar surface area (TPSA) is 62.7 Å². The average molecular weight is 314 g/mol. The van der Waals surface area contributed by atoms with Gasteiger partial charge in [0.2, 0.25) is 0 Å². The smallest absolute Gasteiger partial charge is 0.335 e. The van der Waals surface area contributed by atoms with Crippen LogP contribution in [0, 0.1) is 0 Å². The lowest BCUT2D eigenvalue weighted by Crippen LogP contribution is -2.34. The van der Waals surface area contributed by atoms with Crippen molar-refractivity contribution < 1.29 is 14.6 Å². The number of benzene rings is 1. The molecule has 2 rings (SSSR count). The molecule has 1 N–H and O–H groups in total. The van der Waals surface area contributed by atoms with E-state index in [4.69, 9.17) is 9.84 Å². The molecule has 0 saturated heterocycles. The van der Waals surface area contributed by atoms with Gasteiger partial charge in [-0.2, -0.15) is 0 Å². The maximum absolute atomic E-state index is 10.8. The second-order valence-corrected chi connectivity index (χ2v) is 5.60. The van der Waals surface area contributed by atoms with E-state index in [2.05, 4.69) is 23.7 Å². The first-order valence-electron chi connectivity index (χ1n) is 7.65. The predicted octanol–water partition coefficient (Wildman–Crippen LogP) is 3.07. The number of hydrogen-bond acceptors (Lipinski definition) is 4. The summed E-state index contributed by atoms with van der Waals surface area (Å²) in [5.74, 6) is -0.248. The predicted molar refractivity (Wildman–Crippen MR) is 88.7 cm³/mol. The van der Waals surface area contributed by atoms with Gasteiger partial charge in [0.05, 0.1) is 5.56 Å². The van der Waals surface area contributed by atoms with Crippen LogP contribution in [0.3, 0.4) is 0 Å². The van der Waals surface area contributed by atoms with Gasteiger partial charge in [0, 0.05) is 31.5 Å². The minimum atomic E-state index is -0.931. The van der Waals surface area contributed by atoms with Crippen molar-refractivity contribution in [1.82, 2.24) is 9.88 Å². The number of carboxylic acids is 1. The molecule has 0 atom stereocenters. The molecule has 1 aromatic carbocycles. The summed E-state index contributed by atoms with van der Waals surface area (Å²) in [6.45, 7) is 6.50.